The van der Waals surface area contributed by atoms with Crippen LogP contribution in [0, 0.1) is 27.3 Å². The monoisotopic (exact) mass is 378 g/mol. The predicted molar refractivity (Wildman–Crippen MR) is 97.0 cm³/mol. The molecule has 9 heteroatoms. The third-order valence-electron chi connectivity index (χ3n) is 3.69. The number of carbonyl (C=O) groups excluding carboxylic acids is 1. The highest BCUT2D eigenvalue weighted by Crippen LogP contribution is 2.30. The zero-order valence-electron chi connectivity index (χ0n) is 14.1. The Morgan fingerprint density at radius 1 is 1.25 bits per heavy atom. The SMILES string of the molecule is N#Cc1ccc(C(=O)N/N=C/c2ccc(-c3ccccc3[N+](=O)[O-])o2)c(F)c1. The van der Waals surface area contributed by atoms with Crippen LogP contribution in [0.15, 0.2) is 64.1 Å². The maximum Gasteiger partial charge on any atom is 0.280 e. The van der Waals surface area contributed by atoms with Crippen LogP contribution in [0.5, 0.6) is 0 Å². The second-order valence-electron chi connectivity index (χ2n) is 5.48. The summed E-state index contributed by atoms with van der Waals surface area (Å²) < 4.78 is 19.3. The fourth-order valence-corrected chi connectivity index (χ4v) is 2.39. The van der Waals surface area contributed by atoms with Crippen LogP contribution in [0.1, 0.15) is 21.7 Å². The van der Waals surface area contributed by atoms with E-state index in [4.69, 9.17) is 9.68 Å². The van der Waals surface area contributed by atoms with Crippen LogP contribution < -0.4 is 5.43 Å². The predicted octanol–water partition coefficient (Wildman–Crippen LogP) is 3.63. The van der Waals surface area contributed by atoms with Crippen molar-refractivity contribution >= 4 is 17.8 Å². The summed E-state index contributed by atoms with van der Waals surface area (Å²) in [5.74, 6) is -1.15. The summed E-state index contributed by atoms with van der Waals surface area (Å²) in [6.45, 7) is 0. The van der Waals surface area contributed by atoms with Crippen molar-refractivity contribution in [1.82, 2.24) is 5.43 Å². The lowest BCUT2D eigenvalue weighted by Crippen LogP contribution is -2.19. The van der Waals surface area contributed by atoms with Gasteiger partial charge in [0.2, 0.25) is 0 Å². The minimum Gasteiger partial charge on any atom is -0.455 e. The van der Waals surface area contributed by atoms with E-state index in [0.29, 0.717) is 5.56 Å². The third-order valence-corrected chi connectivity index (χ3v) is 3.69. The fraction of sp³-hybridized carbons (Fsp3) is 0. The van der Waals surface area contributed by atoms with Crippen molar-refractivity contribution in [1.29, 1.82) is 5.26 Å². The molecule has 0 aliphatic heterocycles. The van der Waals surface area contributed by atoms with Crippen molar-refractivity contribution in [3.63, 3.8) is 0 Å². The maximum atomic E-state index is 13.8. The van der Waals surface area contributed by atoms with Crippen molar-refractivity contribution in [3.05, 3.63) is 87.4 Å². The van der Waals surface area contributed by atoms with Gasteiger partial charge in [0.25, 0.3) is 11.6 Å². The molecule has 3 rings (SSSR count). The smallest absolute Gasteiger partial charge is 0.280 e. The highest BCUT2D eigenvalue weighted by Gasteiger charge is 2.17. The van der Waals surface area contributed by atoms with Crippen molar-refractivity contribution in [3.8, 4) is 17.4 Å². The average molecular weight is 378 g/mol. The number of para-hydroxylation sites is 1. The number of rotatable bonds is 5. The number of nitrogens with one attached hydrogen (secondary N) is 1. The van der Waals surface area contributed by atoms with Gasteiger partial charge in [0, 0.05) is 6.07 Å². The summed E-state index contributed by atoms with van der Waals surface area (Å²) in [5.41, 5.74) is 2.16. The van der Waals surface area contributed by atoms with Gasteiger partial charge in [-0.3, -0.25) is 14.9 Å². The third kappa shape index (κ3) is 3.91. The van der Waals surface area contributed by atoms with E-state index < -0.39 is 16.6 Å². The largest absolute Gasteiger partial charge is 0.455 e. The minimum atomic E-state index is -0.844. The first-order valence-electron chi connectivity index (χ1n) is 7.86. The van der Waals surface area contributed by atoms with Gasteiger partial charge in [0.05, 0.1) is 33.9 Å². The van der Waals surface area contributed by atoms with E-state index in [1.54, 1.807) is 24.3 Å². The molecule has 0 spiro atoms. The molecule has 0 bridgehead atoms. The van der Waals surface area contributed by atoms with Crippen LogP contribution in [0.25, 0.3) is 11.3 Å². The molecule has 0 unspecified atom stereocenters. The molecule has 138 valence electrons. The molecule has 0 radical (unpaired) electrons. The number of amides is 1. The second-order valence-corrected chi connectivity index (χ2v) is 5.48. The summed E-state index contributed by atoms with van der Waals surface area (Å²) in [6.07, 6.45) is 1.18. The van der Waals surface area contributed by atoms with Crippen molar-refractivity contribution in [2.24, 2.45) is 5.10 Å². The van der Waals surface area contributed by atoms with Crippen LogP contribution in [-0.2, 0) is 0 Å². The van der Waals surface area contributed by atoms with Gasteiger partial charge in [0.15, 0.2) is 0 Å². The molecular formula is C19H11FN4O4. The van der Waals surface area contributed by atoms with Gasteiger partial charge in [-0.15, -0.1) is 0 Å². The van der Waals surface area contributed by atoms with Gasteiger partial charge in [-0.25, -0.2) is 9.82 Å². The molecule has 28 heavy (non-hydrogen) atoms. The van der Waals surface area contributed by atoms with Crippen molar-refractivity contribution in [2.75, 3.05) is 0 Å². The lowest BCUT2D eigenvalue weighted by Gasteiger charge is -2.01. The van der Waals surface area contributed by atoms with Crippen molar-refractivity contribution in [2.45, 2.75) is 0 Å². The molecule has 1 heterocycles. The number of hydrogen-bond acceptors (Lipinski definition) is 6. The zero-order chi connectivity index (χ0) is 20.1. The van der Waals surface area contributed by atoms with Crippen LogP contribution in [0.2, 0.25) is 0 Å². The van der Waals surface area contributed by atoms with E-state index in [0.717, 1.165) is 6.07 Å². The Hall–Kier alpha value is -4.32. The van der Waals surface area contributed by atoms with E-state index in [1.807, 2.05) is 0 Å². The highest BCUT2D eigenvalue weighted by atomic mass is 19.1. The second kappa shape index (κ2) is 7.92. The summed E-state index contributed by atoms with van der Waals surface area (Å²) in [7, 11) is 0. The Morgan fingerprint density at radius 2 is 2.04 bits per heavy atom. The lowest BCUT2D eigenvalue weighted by molar-refractivity contribution is -0.384. The normalized spacial score (nSPS) is 10.6. The number of carbonyl (C=O) groups is 1. The Kier molecular flexibility index (Phi) is 5.23. The highest BCUT2D eigenvalue weighted by molar-refractivity contribution is 5.95. The molecule has 0 saturated carbocycles. The number of nitro benzene ring substituents is 1. The molecule has 0 saturated heterocycles. The topological polar surface area (TPSA) is 122 Å². The minimum absolute atomic E-state index is 0.0932. The van der Waals surface area contributed by atoms with Crippen molar-refractivity contribution < 1.29 is 18.5 Å². The number of nitrogens with zero attached hydrogens (tertiary/aromatic N) is 3. The van der Waals surface area contributed by atoms with Gasteiger partial charge >= 0.3 is 0 Å². The quantitative estimate of drug-likeness (QED) is 0.413. The van der Waals surface area contributed by atoms with Gasteiger partial charge in [-0.2, -0.15) is 10.4 Å². The Balaban J connectivity index is 1.72. The van der Waals surface area contributed by atoms with Crippen LogP contribution in [0.4, 0.5) is 10.1 Å². The molecule has 0 aliphatic carbocycles. The van der Waals surface area contributed by atoms with Crippen LogP contribution in [-0.4, -0.2) is 17.0 Å². The van der Waals surface area contributed by atoms with E-state index in [2.05, 4.69) is 10.5 Å². The first kappa shape index (κ1) is 18.5. The zero-order valence-corrected chi connectivity index (χ0v) is 14.1. The van der Waals surface area contributed by atoms with E-state index in [1.165, 1.54) is 36.5 Å². The molecule has 1 aromatic heterocycles. The summed E-state index contributed by atoms with van der Waals surface area (Å²) in [4.78, 5) is 22.5. The average Bonchev–Trinajstić information content (AvgIpc) is 3.16. The first-order valence-corrected chi connectivity index (χ1v) is 7.86. The first-order chi connectivity index (χ1) is 13.5. The van der Waals surface area contributed by atoms with Gasteiger partial charge < -0.3 is 4.42 Å². The Bertz CT molecular complexity index is 1130. The van der Waals surface area contributed by atoms with Gasteiger partial charge in [0.1, 0.15) is 17.3 Å². The van der Waals surface area contributed by atoms with Crippen LogP contribution >= 0.6 is 0 Å². The fourth-order valence-electron chi connectivity index (χ4n) is 2.39. The number of furan rings is 1. The molecule has 0 aliphatic rings. The Morgan fingerprint density at radius 3 is 2.75 bits per heavy atom. The number of nitriles is 1. The number of halogens is 1. The molecule has 1 amide bonds. The molecule has 0 fully saturated rings. The van der Waals surface area contributed by atoms with E-state index >= 15 is 0 Å². The standard InChI is InChI=1S/C19H11FN4O4/c20-16-9-12(10-21)5-7-14(16)19(25)23-22-11-13-6-8-18(28-13)15-3-1-2-4-17(15)24(26)27/h1-9,11H,(H,23,25)/b22-11+. The summed E-state index contributed by atoms with van der Waals surface area (Å²) >= 11 is 0. The molecular weight excluding hydrogens is 367 g/mol. The summed E-state index contributed by atoms with van der Waals surface area (Å²) in [6, 6.07) is 14.4. The number of hydrazone groups is 1. The molecule has 1 N–H and O–H groups in total. The number of benzene rings is 2. The molecule has 2 aromatic carbocycles. The maximum absolute atomic E-state index is 13.8. The van der Waals surface area contributed by atoms with E-state index in [-0.39, 0.29) is 28.3 Å². The van der Waals surface area contributed by atoms with Gasteiger partial charge in [-0.05, 0) is 36.4 Å². The molecule has 3 aromatic rings. The molecule has 8 nitrogen and oxygen atoms in total. The van der Waals surface area contributed by atoms with Gasteiger partial charge in [-0.1, -0.05) is 12.1 Å². The van der Waals surface area contributed by atoms with E-state index in [9.17, 15) is 19.3 Å². The number of nitro groups is 1. The summed E-state index contributed by atoms with van der Waals surface area (Å²) in [5, 5.41) is 23.5. The number of hydrogen-bond donors (Lipinski definition) is 1. The van der Waals surface area contributed by atoms with Crippen LogP contribution in [0.3, 0.4) is 0 Å². The lowest BCUT2D eigenvalue weighted by atomic mass is 10.1. The molecule has 0 atom stereocenters. The Labute approximate surface area is 157 Å².